The molecule has 44 heavy (non-hydrogen) atoms. The molecule has 1 fully saturated rings. The van der Waals surface area contributed by atoms with E-state index in [1.165, 1.54) is 0 Å². The monoisotopic (exact) mass is 593 g/mol. The van der Waals surface area contributed by atoms with Gasteiger partial charge in [0, 0.05) is 0 Å². The lowest BCUT2D eigenvalue weighted by Crippen LogP contribution is -2.56. The quantitative estimate of drug-likeness (QED) is 0.115. The number of carbonyl (C=O) groups is 4. The molecule has 10 heteroatoms. The summed E-state index contributed by atoms with van der Waals surface area (Å²) in [6.45, 7) is -0.640. The highest BCUT2D eigenvalue weighted by Gasteiger charge is 2.45. The Hall–Kier alpha value is -5.61. The third-order valence-corrected chi connectivity index (χ3v) is 6.58. The van der Waals surface area contributed by atoms with Gasteiger partial charge in [-0.1, -0.05) is 78.0 Å². The Morgan fingerprint density at radius 3 is 1.52 bits per heavy atom. The van der Waals surface area contributed by atoms with Crippen molar-refractivity contribution < 1.29 is 43.0 Å². The van der Waals surface area contributed by atoms with Gasteiger partial charge < -0.3 is 23.8 Å². The summed E-state index contributed by atoms with van der Waals surface area (Å²) in [5.74, 6) is -2.89. The number of oxime groups is 1. The summed E-state index contributed by atoms with van der Waals surface area (Å²) in [6.07, 6.45) is -3.79. The molecule has 4 aromatic rings. The van der Waals surface area contributed by atoms with Crippen molar-refractivity contribution >= 4 is 29.6 Å². The van der Waals surface area contributed by atoms with Crippen LogP contribution in [-0.4, -0.2) is 61.1 Å². The van der Waals surface area contributed by atoms with Gasteiger partial charge in [-0.15, -0.1) is 0 Å². The molecule has 0 aromatic heterocycles. The maximum absolute atomic E-state index is 13.2. The van der Waals surface area contributed by atoms with Gasteiger partial charge in [0.25, 0.3) is 0 Å². The minimum absolute atomic E-state index is 0.0324. The van der Waals surface area contributed by atoms with Gasteiger partial charge in [0.15, 0.2) is 12.2 Å². The van der Waals surface area contributed by atoms with Crippen LogP contribution in [0.1, 0.15) is 41.4 Å². The van der Waals surface area contributed by atoms with Gasteiger partial charge in [-0.2, -0.15) is 0 Å². The Morgan fingerprint density at radius 2 is 1.02 bits per heavy atom. The van der Waals surface area contributed by atoms with Crippen LogP contribution >= 0.6 is 0 Å². The summed E-state index contributed by atoms with van der Waals surface area (Å²) in [6, 6.07) is 32.8. The number of hydrogen-bond donors (Lipinski definition) is 0. The lowest BCUT2D eigenvalue weighted by molar-refractivity contribution is -0.115. The minimum atomic E-state index is -1.37. The summed E-state index contributed by atoms with van der Waals surface area (Å²) in [7, 11) is 0. The van der Waals surface area contributed by atoms with Gasteiger partial charge in [-0.25, -0.2) is 19.2 Å². The molecule has 0 aliphatic carbocycles. The van der Waals surface area contributed by atoms with Crippen molar-refractivity contribution in [3.05, 3.63) is 144 Å². The molecule has 0 spiro atoms. The predicted molar refractivity (Wildman–Crippen MR) is 157 cm³/mol. The Kier molecular flexibility index (Phi) is 9.86. The van der Waals surface area contributed by atoms with Gasteiger partial charge in [0.2, 0.25) is 0 Å². The molecule has 5 rings (SSSR count). The van der Waals surface area contributed by atoms with E-state index in [0.29, 0.717) is 5.56 Å². The summed E-state index contributed by atoms with van der Waals surface area (Å²) in [4.78, 5) is 57.0. The van der Waals surface area contributed by atoms with Crippen molar-refractivity contribution in [2.24, 2.45) is 5.16 Å². The van der Waals surface area contributed by atoms with Crippen molar-refractivity contribution in [2.75, 3.05) is 13.2 Å². The standard InChI is InChI=1S/C34H27NO9/c36-31(23-13-5-1-6-14-23)41-22-28-30(43-33(38)25-17-9-3-10-18-25)29(42-32(37)24-15-7-2-8-16-24)27(21-40-28)35-44-34(39)26-19-11-4-12-20-26/h1-20,28-30H,21-22H2/b35-27+/t28-,29-,30-/m1/s1. The third-order valence-electron chi connectivity index (χ3n) is 6.58. The Morgan fingerprint density at radius 1 is 0.591 bits per heavy atom. The first kappa shape index (κ1) is 29.9. The smallest absolute Gasteiger partial charge is 0.365 e. The highest BCUT2D eigenvalue weighted by atomic mass is 16.7. The van der Waals surface area contributed by atoms with Gasteiger partial charge in [0.1, 0.15) is 18.4 Å². The molecule has 0 N–H and O–H groups in total. The summed E-state index contributed by atoms with van der Waals surface area (Å²) < 4.78 is 23.1. The van der Waals surface area contributed by atoms with Crippen LogP contribution in [0.3, 0.4) is 0 Å². The summed E-state index contributed by atoms with van der Waals surface area (Å²) >= 11 is 0. The lowest BCUT2D eigenvalue weighted by atomic mass is 10.00. The first-order chi connectivity index (χ1) is 21.5. The average molecular weight is 594 g/mol. The van der Waals surface area contributed by atoms with E-state index in [1.807, 2.05) is 0 Å². The zero-order valence-electron chi connectivity index (χ0n) is 23.3. The highest BCUT2D eigenvalue weighted by molar-refractivity contribution is 5.97. The van der Waals surface area contributed by atoms with Crippen molar-refractivity contribution in [3.8, 4) is 0 Å². The maximum atomic E-state index is 13.2. The molecule has 0 saturated carbocycles. The summed E-state index contributed by atoms with van der Waals surface area (Å²) in [5.41, 5.74) is 0.961. The highest BCUT2D eigenvalue weighted by Crippen LogP contribution is 2.24. The number of esters is 3. The number of hydrogen-bond acceptors (Lipinski definition) is 10. The minimum Gasteiger partial charge on any atom is -0.459 e. The normalized spacial score (nSPS) is 18.5. The van der Waals surface area contributed by atoms with Crippen LogP contribution in [0.2, 0.25) is 0 Å². The van der Waals surface area contributed by atoms with Gasteiger partial charge in [-0.05, 0) is 48.5 Å². The Bertz CT molecular complexity index is 1610. The first-order valence-corrected chi connectivity index (χ1v) is 13.7. The van der Waals surface area contributed by atoms with Crippen molar-refractivity contribution in [1.29, 1.82) is 0 Å². The predicted octanol–water partition coefficient (Wildman–Crippen LogP) is 4.91. The molecule has 4 aromatic carbocycles. The number of ether oxygens (including phenoxy) is 4. The molecule has 1 saturated heterocycles. The average Bonchev–Trinajstić information content (AvgIpc) is 3.09. The Balaban J connectivity index is 1.45. The van der Waals surface area contributed by atoms with Crippen LogP contribution in [0, 0.1) is 0 Å². The van der Waals surface area contributed by atoms with Crippen LogP contribution in [0.15, 0.2) is 126 Å². The lowest BCUT2D eigenvalue weighted by Gasteiger charge is -2.36. The van der Waals surface area contributed by atoms with Crippen molar-refractivity contribution in [2.45, 2.75) is 18.3 Å². The van der Waals surface area contributed by atoms with Crippen molar-refractivity contribution in [1.82, 2.24) is 0 Å². The largest absolute Gasteiger partial charge is 0.459 e. The molecule has 1 aliphatic rings. The fourth-order valence-corrected chi connectivity index (χ4v) is 4.31. The zero-order chi connectivity index (χ0) is 30.7. The van der Waals surface area contributed by atoms with E-state index >= 15 is 0 Å². The third kappa shape index (κ3) is 7.61. The second kappa shape index (κ2) is 14.5. The first-order valence-electron chi connectivity index (χ1n) is 13.7. The van der Waals surface area contributed by atoms with E-state index < -0.39 is 42.2 Å². The van der Waals surface area contributed by atoms with E-state index in [-0.39, 0.29) is 35.6 Å². The molecule has 1 heterocycles. The number of rotatable bonds is 9. The maximum Gasteiger partial charge on any atom is 0.365 e. The second-order valence-electron chi connectivity index (χ2n) is 9.57. The van der Waals surface area contributed by atoms with Crippen LogP contribution in [-0.2, 0) is 23.8 Å². The Labute approximate surface area is 252 Å². The van der Waals surface area contributed by atoms with E-state index in [9.17, 15) is 19.2 Å². The van der Waals surface area contributed by atoms with Crippen molar-refractivity contribution in [3.63, 3.8) is 0 Å². The molecular weight excluding hydrogens is 566 g/mol. The van der Waals surface area contributed by atoms with E-state index in [4.69, 9.17) is 23.8 Å². The van der Waals surface area contributed by atoms with E-state index in [0.717, 1.165) is 0 Å². The molecule has 0 amide bonds. The molecule has 1 aliphatic heterocycles. The molecule has 222 valence electrons. The number of nitrogens with zero attached hydrogens (tertiary/aromatic N) is 1. The second-order valence-corrected chi connectivity index (χ2v) is 9.57. The number of carbonyl (C=O) groups excluding carboxylic acids is 4. The fraction of sp³-hybridized carbons (Fsp3) is 0.147. The molecular formula is C34H27NO9. The molecule has 3 atom stereocenters. The number of benzene rings is 4. The van der Waals surface area contributed by atoms with E-state index in [1.54, 1.807) is 121 Å². The van der Waals surface area contributed by atoms with Gasteiger partial charge >= 0.3 is 23.9 Å². The topological polar surface area (TPSA) is 127 Å². The SMILES string of the molecule is O=C(OC[C@H]1OC/C(=N\OC(=O)c2ccccc2)[C@@H](OC(=O)c2ccccc2)[C@@H]1OC(=O)c1ccccc1)c1ccccc1. The zero-order valence-corrected chi connectivity index (χ0v) is 23.3. The van der Waals surface area contributed by atoms with Crippen LogP contribution < -0.4 is 0 Å². The van der Waals surface area contributed by atoms with E-state index in [2.05, 4.69) is 5.16 Å². The molecule has 10 nitrogen and oxygen atoms in total. The van der Waals surface area contributed by atoms with Gasteiger partial charge in [0.05, 0.1) is 28.9 Å². The summed E-state index contributed by atoms with van der Waals surface area (Å²) in [5, 5.41) is 3.96. The van der Waals surface area contributed by atoms with Gasteiger partial charge in [-0.3, -0.25) is 0 Å². The van der Waals surface area contributed by atoms with Crippen LogP contribution in [0.5, 0.6) is 0 Å². The van der Waals surface area contributed by atoms with Crippen LogP contribution in [0.25, 0.3) is 0 Å². The molecule has 0 radical (unpaired) electrons. The molecule has 0 bridgehead atoms. The van der Waals surface area contributed by atoms with Crippen LogP contribution in [0.4, 0.5) is 0 Å². The fourth-order valence-electron chi connectivity index (χ4n) is 4.31. The molecule has 0 unspecified atom stereocenters.